The summed E-state index contributed by atoms with van der Waals surface area (Å²) in [5.41, 5.74) is 1.46. The van der Waals surface area contributed by atoms with Crippen LogP contribution in [0.5, 0.6) is 11.6 Å². The molecule has 0 radical (unpaired) electrons. The number of aromatic nitrogens is 2. The quantitative estimate of drug-likeness (QED) is 0.869. The highest BCUT2D eigenvalue weighted by atomic mass is 16.5. The highest BCUT2D eigenvalue weighted by Gasteiger charge is 2.21. The molecule has 6 heteroatoms. The van der Waals surface area contributed by atoms with Gasteiger partial charge in [0.2, 0.25) is 5.88 Å². The molecule has 0 spiro atoms. The molecule has 1 aromatic heterocycles. The number of aliphatic hydroxyl groups excluding tert-OH is 1. The van der Waals surface area contributed by atoms with Gasteiger partial charge in [0.1, 0.15) is 11.3 Å². The Hall–Kier alpha value is -2.34. The second-order valence-electron chi connectivity index (χ2n) is 4.41. The molecule has 106 valence electrons. The van der Waals surface area contributed by atoms with Gasteiger partial charge in [-0.2, -0.15) is 5.10 Å². The van der Waals surface area contributed by atoms with Gasteiger partial charge < -0.3 is 14.9 Å². The van der Waals surface area contributed by atoms with Crippen LogP contribution in [0.1, 0.15) is 21.6 Å². The third-order valence-corrected chi connectivity index (χ3v) is 2.92. The summed E-state index contributed by atoms with van der Waals surface area (Å²) >= 11 is 0. The second kappa shape index (κ2) is 5.75. The average molecular weight is 276 g/mol. The lowest BCUT2D eigenvalue weighted by Crippen LogP contribution is -2.02. The molecule has 2 rings (SSSR count). The number of ether oxygens (including phenoxy) is 1. The molecule has 0 amide bonds. The summed E-state index contributed by atoms with van der Waals surface area (Å²) < 4.78 is 7.02. The van der Waals surface area contributed by atoms with Crippen LogP contribution in [0.2, 0.25) is 0 Å². The summed E-state index contributed by atoms with van der Waals surface area (Å²) in [6.45, 7) is 1.71. The van der Waals surface area contributed by atoms with Crippen LogP contribution in [-0.2, 0) is 13.5 Å². The molecule has 0 saturated heterocycles. The number of hydrogen-bond donors (Lipinski definition) is 2. The van der Waals surface area contributed by atoms with Crippen molar-refractivity contribution < 1.29 is 19.7 Å². The lowest BCUT2D eigenvalue weighted by atomic mass is 10.1. The average Bonchev–Trinajstić information content (AvgIpc) is 2.67. The molecule has 0 fully saturated rings. The van der Waals surface area contributed by atoms with Crippen LogP contribution in [0.3, 0.4) is 0 Å². The van der Waals surface area contributed by atoms with E-state index in [0.29, 0.717) is 17.9 Å². The topological polar surface area (TPSA) is 84.6 Å². The van der Waals surface area contributed by atoms with Gasteiger partial charge in [-0.1, -0.05) is 12.1 Å². The zero-order valence-electron chi connectivity index (χ0n) is 11.3. The summed E-state index contributed by atoms with van der Waals surface area (Å²) in [4.78, 5) is 11.2. The Morgan fingerprint density at radius 2 is 2.00 bits per heavy atom. The third kappa shape index (κ3) is 2.80. The van der Waals surface area contributed by atoms with Crippen LogP contribution in [0, 0.1) is 6.92 Å². The molecule has 1 heterocycles. The molecule has 0 aliphatic carbocycles. The standard InChI is InChI=1S/C14H16N2O4/c1-9-12(14(18)19)13(16(2)15-9)20-11-5-3-10(4-6-11)7-8-17/h3-6,17H,7-8H2,1-2H3,(H,18,19). The predicted octanol–water partition coefficient (Wildman–Crippen LogP) is 1.75. The number of carboxylic acid groups (broad SMARTS) is 1. The molecule has 1 aromatic carbocycles. The maximum Gasteiger partial charge on any atom is 0.343 e. The maximum atomic E-state index is 11.2. The van der Waals surface area contributed by atoms with E-state index in [2.05, 4.69) is 5.10 Å². The molecular weight excluding hydrogens is 260 g/mol. The van der Waals surface area contributed by atoms with Crippen LogP contribution in [-0.4, -0.2) is 32.6 Å². The Balaban J connectivity index is 2.28. The van der Waals surface area contributed by atoms with Crippen LogP contribution in [0.25, 0.3) is 0 Å². The molecule has 2 N–H and O–H groups in total. The Labute approximate surface area is 116 Å². The van der Waals surface area contributed by atoms with Gasteiger partial charge in [-0.15, -0.1) is 0 Å². The van der Waals surface area contributed by atoms with Crippen molar-refractivity contribution in [2.45, 2.75) is 13.3 Å². The van der Waals surface area contributed by atoms with E-state index in [9.17, 15) is 9.90 Å². The van der Waals surface area contributed by atoms with Crippen molar-refractivity contribution >= 4 is 5.97 Å². The van der Waals surface area contributed by atoms with Crippen LogP contribution < -0.4 is 4.74 Å². The molecule has 0 unspecified atom stereocenters. The number of nitrogens with zero attached hydrogens (tertiary/aromatic N) is 2. The molecular formula is C14H16N2O4. The number of benzene rings is 1. The van der Waals surface area contributed by atoms with E-state index in [1.54, 1.807) is 26.1 Å². The summed E-state index contributed by atoms with van der Waals surface area (Å²) in [7, 11) is 1.63. The van der Waals surface area contributed by atoms with Crippen molar-refractivity contribution in [2.75, 3.05) is 6.61 Å². The minimum atomic E-state index is -1.07. The van der Waals surface area contributed by atoms with Crippen molar-refractivity contribution in [3.05, 3.63) is 41.1 Å². The highest BCUT2D eigenvalue weighted by Crippen LogP contribution is 2.27. The van der Waals surface area contributed by atoms with Crippen molar-refractivity contribution in [2.24, 2.45) is 7.05 Å². The predicted molar refractivity (Wildman–Crippen MR) is 72.2 cm³/mol. The number of aromatic carboxylic acids is 1. The lowest BCUT2D eigenvalue weighted by Gasteiger charge is -2.07. The summed E-state index contributed by atoms with van der Waals surface area (Å²) in [6.07, 6.45) is 0.575. The van der Waals surface area contributed by atoms with E-state index in [1.165, 1.54) is 4.68 Å². The van der Waals surface area contributed by atoms with E-state index in [-0.39, 0.29) is 18.1 Å². The first-order valence-corrected chi connectivity index (χ1v) is 6.17. The SMILES string of the molecule is Cc1nn(C)c(Oc2ccc(CCO)cc2)c1C(=O)O. The summed E-state index contributed by atoms with van der Waals surface area (Å²) in [5.74, 6) is -0.343. The van der Waals surface area contributed by atoms with Gasteiger partial charge in [-0.3, -0.25) is 0 Å². The van der Waals surface area contributed by atoms with Crippen molar-refractivity contribution in [1.29, 1.82) is 0 Å². The first-order chi connectivity index (χ1) is 9.52. The summed E-state index contributed by atoms with van der Waals surface area (Å²) in [6, 6.07) is 7.13. The zero-order valence-corrected chi connectivity index (χ0v) is 11.3. The van der Waals surface area contributed by atoms with E-state index < -0.39 is 5.97 Å². The Kier molecular flexibility index (Phi) is 4.05. The minimum absolute atomic E-state index is 0.0620. The van der Waals surface area contributed by atoms with Crippen molar-refractivity contribution in [3.8, 4) is 11.6 Å². The van der Waals surface area contributed by atoms with Gasteiger partial charge in [-0.25, -0.2) is 9.48 Å². The van der Waals surface area contributed by atoms with E-state index in [4.69, 9.17) is 9.84 Å². The molecule has 0 atom stereocenters. The van der Waals surface area contributed by atoms with Crippen LogP contribution >= 0.6 is 0 Å². The molecule has 20 heavy (non-hydrogen) atoms. The minimum Gasteiger partial charge on any atom is -0.477 e. The first-order valence-electron chi connectivity index (χ1n) is 6.17. The van der Waals surface area contributed by atoms with Crippen LogP contribution in [0.4, 0.5) is 0 Å². The number of hydrogen-bond acceptors (Lipinski definition) is 4. The number of carbonyl (C=O) groups is 1. The first kappa shape index (κ1) is 14.1. The molecule has 6 nitrogen and oxygen atoms in total. The smallest absolute Gasteiger partial charge is 0.343 e. The Morgan fingerprint density at radius 3 is 2.55 bits per heavy atom. The van der Waals surface area contributed by atoms with Crippen molar-refractivity contribution in [1.82, 2.24) is 9.78 Å². The molecule has 2 aromatic rings. The Morgan fingerprint density at radius 1 is 1.35 bits per heavy atom. The fraction of sp³-hybridized carbons (Fsp3) is 0.286. The Bertz CT molecular complexity index is 617. The van der Waals surface area contributed by atoms with Gasteiger partial charge in [0, 0.05) is 13.7 Å². The molecule has 0 aliphatic heterocycles. The van der Waals surface area contributed by atoms with E-state index >= 15 is 0 Å². The number of aliphatic hydroxyl groups is 1. The lowest BCUT2D eigenvalue weighted by molar-refractivity contribution is 0.0693. The van der Waals surface area contributed by atoms with Crippen LogP contribution in [0.15, 0.2) is 24.3 Å². The molecule has 0 aliphatic rings. The highest BCUT2D eigenvalue weighted by molar-refractivity contribution is 5.91. The van der Waals surface area contributed by atoms with Gasteiger partial charge in [0.05, 0.1) is 5.69 Å². The largest absolute Gasteiger partial charge is 0.477 e. The maximum absolute atomic E-state index is 11.2. The molecule has 0 bridgehead atoms. The van der Waals surface area contributed by atoms with E-state index in [1.807, 2.05) is 12.1 Å². The van der Waals surface area contributed by atoms with Gasteiger partial charge in [0.25, 0.3) is 0 Å². The summed E-state index contributed by atoms with van der Waals surface area (Å²) in [5, 5.41) is 22.1. The van der Waals surface area contributed by atoms with Gasteiger partial charge >= 0.3 is 5.97 Å². The monoisotopic (exact) mass is 276 g/mol. The fourth-order valence-corrected chi connectivity index (χ4v) is 1.97. The van der Waals surface area contributed by atoms with Gasteiger partial charge in [0.15, 0.2) is 0 Å². The van der Waals surface area contributed by atoms with Crippen molar-refractivity contribution in [3.63, 3.8) is 0 Å². The number of rotatable bonds is 5. The second-order valence-corrected chi connectivity index (χ2v) is 4.41. The van der Waals surface area contributed by atoms with Gasteiger partial charge in [-0.05, 0) is 31.0 Å². The third-order valence-electron chi connectivity index (χ3n) is 2.92. The number of aryl methyl sites for hydroxylation is 2. The number of carboxylic acids is 1. The zero-order chi connectivity index (χ0) is 14.7. The fourth-order valence-electron chi connectivity index (χ4n) is 1.97. The normalized spacial score (nSPS) is 10.6. The molecule has 0 saturated carbocycles. The van der Waals surface area contributed by atoms with E-state index in [0.717, 1.165) is 5.56 Å².